The number of aliphatic hydroxyl groups is 1. The fraction of sp³-hybridized carbons (Fsp3) is 0.696. The largest absolute Gasteiger partial charge is 0.508 e. The van der Waals surface area contributed by atoms with Crippen molar-refractivity contribution in [2.75, 3.05) is 6.54 Å². The molecule has 4 nitrogen and oxygen atoms in total. The van der Waals surface area contributed by atoms with Gasteiger partial charge in [0.1, 0.15) is 5.75 Å². The molecule has 1 amide bonds. The minimum absolute atomic E-state index is 0.0124. The molecule has 0 saturated heterocycles. The van der Waals surface area contributed by atoms with Gasteiger partial charge in [0.25, 0.3) is 0 Å². The first-order valence-corrected chi connectivity index (χ1v) is 10.7. The molecule has 0 spiro atoms. The van der Waals surface area contributed by atoms with Crippen LogP contribution >= 0.6 is 0 Å². The van der Waals surface area contributed by atoms with Crippen molar-refractivity contribution in [3.63, 3.8) is 0 Å². The number of aryl methyl sites for hydroxylation is 1. The zero-order valence-electron chi connectivity index (χ0n) is 16.6. The van der Waals surface area contributed by atoms with Gasteiger partial charge in [-0.25, -0.2) is 0 Å². The first kappa shape index (κ1) is 18.8. The zero-order chi connectivity index (χ0) is 19.2. The molecule has 2 saturated carbocycles. The molecule has 1 aromatic carbocycles. The second-order valence-electron chi connectivity index (χ2n) is 9.27. The SMILES string of the molecule is CCNC(=O)CC[C@H]1C[C@]2(C)C(O)CC[C@H]2[C@@H]2CCc3cc(O)ccc3[C@@H]12. The Kier molecular flexibility index (Phi) is 4.96. The van der Waals surface area contributed by atoms with Gasteiger partial charge in [0.05, 0.1) is 6.10 Å². The Morgan fingerprint density at radius 1 is 1.30 bits per heavy atom. The Hall–Kier alpha value is -1.55. The molecule has 4 heteroatoms. The molecule has 3 aliphatic rings. The smallest absolute Gasteiger partial charge is 0.219 e. The van der Waals surface area contributed by atoms with Crippen LogP contribution in [0.25, 0.3) is 0 Å². The highest BCUT2D eigenvalue weighted by Gasteiger charge is 2.57. The minimum Gasteiger partial charge on any atom is -0.508 e. The molecule has 0 radical (unpaired) electrons. The maximum absolute atomic E-state index is 12.1. The number of carbonyl (C=O) groups excluding carboxylic acids is 1. The minimum atomic E-state index is -0.211. The maximum Gasteiger partial charge on any atom is 0.219 e. The number of fused-ring (bicyclic) bond motifs is 5. The second kappa shape index (κ2) is 7.12. The number of benzene rings is 1. The first-order chi connectivity index (χ1) is 12.9. The average Bonchev–Trinajstić information content (AvgIpc) is 2.94. The van der Waals surface area contributed by atoms with Gasteiger partial charge in [-0.2, -0.15) is 0 Å². The van der Waals surface area contributed by atoms with E-state index in [-0.39, 0.29) is 17.4 Å². The number of hydrogen-bond donors (Lipinski definition) is 3. The van der Waals surface area contributed by atoms with E-state index < -0.39 is 0 Å². The van der Waals surface area contributed by atoms with Crippen LogP contribution in [0.4, 0.5) is 0 Å². The van der Waals surface area contributed by atoms with Crippen molar-refractivity contribution in [2.24, 2.45) is 23.2 Å². The molecule has 0 aromatic heterocycles. The monoisotopic (exact) mass is 371 g/mol. The fourth-order valence-corrected chi connectivity index (χ4v) is 6.73. The molecule has 0 heterocycles. The lowest BCUT2D eigenvalue weighted by Crippen LogP contribution is -2.48. The highest BCUT2D eigenvalue weighted by Crippen LogP contribution is 2.63. The summed E-state index contributed by atoms with van der Waals surface area (Å²) in [5, 5.41) is 23.6. The van der Waals surface area contributed by atoms with Crippen LogP contribution in [0.15, 0.2) is 18.2 Å². The molecule has 2 fully saturated rings. The molecule has 0 aliphatic heterocycles. The van der Waals surface area contributed by atoms with Crippen molar-refractivity contribution in [3.8, 4) is 5.75 Å². The lowest BCUT2D eigenvalue weighted by atomic mass is 9.51. The summed E-state index contributed by atoms with van der Waals surface area (Å²) in [6.07, 6.45) is 6.40. The van der Waals surface area contributed by atoms with Crippen LogP contribution in [0, 0.1) is 23.2 Å². The Morgan fingerprint density at radius 2 is 2.11 bits per heavy atom. The van der Waals surface area contributed by atoms with E-state index in [0.29, 0.717) is 42.4 Å². The number of phenolic OH excluding ortho intramolecular Hbond substituents is 1. The van der Waals surface area contributed by atoms with Crippen LogP contribution in [0.1, 0.15) is 69.4 Å². The number of aromatic hydroxyl groups is 1. The van der Waals surface area contributed by atoms with Gasteiger partial charge < -0.3 is 15.5 Å². The summed E-state index contributed by atoms with van der Waals surface area (Å²) >= 11 is 0. The molecular weight excluding hydrogens is 338 g/mol. The second-order valence-corrected chi connectivity index (χ2v) is 9.27. The highest BCUT2D eigenvalue weighted by molar-refractivity contribution is 5.75. The van der Waals surface area contributed by atoms with E-state index in [4.69, 9.17) is 0 Å². The van der Waals surface area contributed by atoms with E-state index in [1.165, 1.54) is 11.1 Å². The number of hydrogen-bond acceptors (Lipinski definition) is 3. The van der Waals surface area contributed by atoms with Gasteiger partial charge in [-0.1, -0.05) is 13.0 Å². The molecule has 4 rings (SSSR count). The summed E-state index contributed by atoms with van der Waals surface area (Å²) < 4.78 is 0. The van der Waals surface area contributed by atoms with Gasteiger partial charge in [0, 0.05) is 13.0 Å². The Balaban J connectivity index is 1.66. The van der Waals surface area contributed by atoms with E-state index in [2.05, 4.69) is 18.3 Å². The van der Waals surface area contributed by atoms with E-state index in [0.717, 1.165) is 38.5 Å². The van der Waals surface area contributed by atoms with Gasteiger partial charge >= 0.3 is 0 Å². The fourth-order valence-electron chi connectivity index (χ4n) is 6.73. The summed E-state index contributed by atoms with van der Waals surface area (Å²) in [6, 6.07) is 5.87. The number of amides is 1. The third-order valence-electron chi connectivity index (χ3n) is 7.90. The van der Waals surface area contributed by atoms with Gasteiger partial charge in [-0.15, -0.1) is 0 Å². The van der Waals surface area contributed by atoms with E-state index in [1.54, 1.807) is 0 Å². The maximum atomic E-state index is 12.1. The topological polar surface area (TPSA) is 69.6 Å². The van der Waals surface area contributed by atoms with Gasteiger partial charge in [0.15, 0.2) is 0 Å². The van der Waals surface area contributed by atoms with Crippen LogP contribution in [0.3, 0.4) is 0 Å². The predicted molar refractivity (Wildman–Crippen MR) is 106 cm³/mol. The molecule has 27 heavy (non-hydrogen) atoms. The summed E-state index contributed by atoms with van der Waals surface area (Å²) in [5.41, 5.74) is 2.65. The van der Waals surface area contributed by atoms with Crippen LogP contribution in [0.2, 0.25) is 0 Å². The molecule has 148 valence electrons. The Labute approximate surface area is 162 Å². The third-order valence-corrected chi connectivity index (χ3v) is 7.90. The van der Waals surface area contributed by atoms with E-state index in [9.17, 15) is 15.0 Å². The standard InChI is InChI=1S/C23H33NO3/c1-3-24-21(27)11-5-15-13-23(2)19(9-10-20(23)26)18-7-4-14-12-16(25)6-8-17(14)22(15)18/h6,8,12,15,18-20,22,25-26H,3-5,7,9-11,13H2,1-2H3,(H,24,27)/t15-,18-,19-,20?,22+,23-/m0/s1. The molecule has 3 aliphatic carbocycles. The van der Waals surface area contributed by atoms with Crippen molar-refractivity contribution >= 4 is 5.91 Å². The van der Waals surface area contributed by atoms with E-state index in [1.807, 2.05) is 19.1 Å². The quantitative estimate of drug-likeness (QED) is 0.755. The van der Waals surface area contributed by atoms with Gasteiger partial charge in [-0.05, 0) is 97.8 Å². The average molecular weight is 372 g/mol. The highest BCUT2D eigenvalue weighted by atomic mass is 16.3. The number of aliphatic hydroxyl groups excluding tert-OH is 1. The van der Waals surface area contributed by atoms with E-state index >= 15 is 0 Å². The Morgan fingerprint density at radius 3 is 2.89 bits per heavy atom. The summed E-state index contributed by atoms with van der Waals surface area (Å²) in [4.78, 5) is 12.1. The molecule has 6 atom stereocenters. The molecule has 0 bridgehead atoms. The third kappa shape index (κ3) is 3.16. The number of phenols is 1. The summed E-state index contributed by atoms with van der Waals surface area (Å²) in [7, 11) is 0. The van der Waals surface area contributed by atoms with Gasteiger partial charge in [0.2, 0.25) is 5.91 Å². The summed E-state index contributed by atoms with van der Waals surface area (Å²) in [6.45, 7) is 4.92. The van der Waals surface area contributed by atoms with Crippen LogP contribution in [-0.2, 0) is 11.2 Å². The number of nitrogens with one attached hydrogen (secondary N) is 1. The van der Waals surface area contributed by atoms with Crippen LogP contribution < -0.4 is 5.32 Å². The number of rotatable bonds is 4. The van der Waals surface area contributed by atoms with Crippen molar-refractivity contribution in [3.05, 3.63) is 29.3 Å². The van der Waals surface area contributed by atoms with Crippen molar-refractivity contribution in [1.29, 1.82) is 0 Å². The van der Waals surface area contributed by atoms with Crippen LogP contribution in [-0.4, -0.2) is 28.8 Å². The first-order valence-electron chi connectivity index (χ1n) is 10.7. The van der Waals surface area contributed by atoms with Gasteiger partial charge in [-0.3, -0.25) is 4.79 Å². The van der Waals surface area contributed by atoms with Crippen LogP contribution in [0.5, 0.6) is 5.75 Å². The molecule has 3 N–H and O–H groups in total. The van der Waals surface area contributed by atoms with Crippen molar-refractivity contribution < 1.29 is 15.0 Å². The summed E-state index contributed by atoms with van der Waals surface area (Å²) in [5.74, 6) is 2.50. The normalized spacial score (nSPS) is 37.2. The number of carbonyl (C=O) groups is 1. The predicted octanol–water partition coefficient (Wildman–Crippen LogP) is 3.75. The Bertz CT molecular complexity index is 718. The lowest BCUT2D eigenvalue weighted by Gasteiger charge is -2.54. The zero-order valence-corrected chi connectivity index (χ0v) is 16.6. The van der Waals surface area contributed by atoms with Crippen molar-refractivity contribution in [2.45, 2.75) is 70.8 Å². The van der Waals surface area contributed by atoms with Crippen molar-refractivity contribution in [1.82, 2.24) is 5.32 Å². The lowest BCUT2D eigenvalue weighted by molar-refractivity contribution is -0.121. The molecule has 1 unspecified atom stereocenters. The molecule has 1 aromatic rings. The molecular formula is C23H33NO3.